The van der Waals surface area contributed by atoms with Gasteiger partial charge in [-0.1, -0.05) is 0 Å². The van der Waals surface area contributed by atoms with Gasteiger partial charge in [0.2, 0.25) is 0 Å². The number of esters is 1. The molecule has 0 saturated carbocycles. The maximum atomic E-state index is 13.4. The van der Waals surface area contributed by atoms with Gasteiger partial charge in [-0.15, -0.1) is 0 Å². The third-order valence-corrected chi connectivity index (χ3v) is 3.27. The molecule has 1 atom stereocenters. The van der Waals surface area contributed by atoms with E-state index in [9.17, 15) is 9.18 Å². The molecule has 2 heterocycles. The Labute approximate surface area is 124 Å². The zero-order chi connectivity index (χ0) is 15.7. The molecule has 0 radical (unpaired) electrons. The minimum Gasteiger partial charge on any atom is -0.458 e. The van der Waals surface area contributed by atoms with Gasteiger partial charge in [-0.05, 0) is 24.3 Å². The maximum Gasteiger partial charge on any atom is 0.357 e. The summed E-state index contributed by atoms with van der Waals surface area (Å²) in [5, 5.41) is 19.1. The Morgan fingerprint density at radius 3 is 2.86 bits per heavy atom. The summed E-state index contributed by atoms with van der Waals surface area (Å²) in [5.74, 6) is -1.10. The zero-order valence-electron chi connectivity index (χ0n) is 11.4. The first-order valence-corrected chi connectivity index (χ1v) is 6.61. The molecule has 2 aromatic heterocycles. The van der Waals surface area contributed by atoms with Gasteiger partial charge in [0, 0.05) is 16.3 Å². The molecule has 0 fully saturated rings. The van der Waals surface area contributed by atoms with Gasteiger partial charge in [-0.3, -0.25) is 0 Å². The minimum atomic E-state index is -1.13. The lowest BCUT2D eigenvalue weighted by molar-refractivity contribution is 0.00890. The first kappa shape index (κ1) is 14.4. The standard InChI is InChI=1S/C15H13FN2O4/c16-8-1-2-12-10(3-8)11-4-13(17-5-14(11)18-12)15(21)22-7-9(20)6-19/h1-5,9,18-20H,6-7H2. The lowest BCUT2D eigenvalue weighted by Gasteiger charge is -2.07. The molecule has 6 nitrogen and oxygen atoms in total. The highest BCUT2D eigenvalue weighted by molar-refractivity contribution is 6.08. The Hall–Kier alpha value is -2.51. The van der Waals surface area contributed by atoms with Gasteiger partial charge in [0.15, 0.2) is 0 Å². The van der Waals surface area contributed by atoms with Crippen molar-refractivity contribution in [1.82, 2.24) is 9.97 Å². The highest BCUT2D eigenvalue weighted by Gasteiger charge is 2.14. The van der Waals surface area contributed by atoms with Crippen LogP contribution in [-0.4, -0.2) is 45.5 Å². The average Bonchev–Trinajstić information content (AvgIpc) is 2.89. The second-order valence-electron chi connectivity index (χ2n) is 4.86. The third kappa shape index (κ3) is 2.63. The summed E-state index contributed by atoms with van der Waals surface area (Å²) in [5.41, 5.74) is 1.45. The van der Waals surface area contributed by atoms with Crippen LogP contribution in [0.25, 0.3) is 21.8 Å². The van der Waals surface area contributed by atoms with Gasteiger partial charge < -0.3 is 19.9 Å². The number of nitrogens with one attached hydrogen (secondary N) is 1. The van der Waals surface area contributed by atoms with Crippen molar-refractivity contribution in [2.75, 3.05) is 13.2 Å². The smallest absolute Gasteiger partial charge is 0.357 e. The topological polar surface area (TPSA) is 95.4 Å². The highest BCUT2D eigenvalue weighted by atomic mass is 19.1. The lowest BCUT2D eigenvalue weighted by Crippen LogP contribution is -2.22. The third-order valence-electron chi connectivity index (χ3n) is 3.27. The van der Waals surface area contributed by atoms with Gasteiger partial charge in [-0.2, -0.15) is 0 Å². The highest BCUT2D eigenvalue weighted by Crippen LogP contribution is 2.26. The van der Waals surface area contributed by atoms with Crippen molar-refractivity contribution in [3.8, 4) is 0 Å². The molecule has 114 valence electrons. The number of pyridine rings is 1. The zero-order valence-corrected chi connectivity index (χ0v) is 11.4. The van der Waals surface area contributed by atoms with E-state index in [2.05, 4.69) is 9.97 Å². The molecule has 0 aliphatic rings. The number of ether oxygens (including phenoxy) is 1. The summed E-state index contributed by atoms with van der Waals surface area (Å²) in [6.45, 7) is -0.820. The molecule has 0 aliphatic heterocycles. The fraction of sp³-hybridized carbons (Fsp3) is 0.200. The maximum absolute atomic E-state index is 13.4. The fourth-order valence-corrected chi connectivity index (χ4v) is 2.18. The average molecular weight is 304 g/mol. The van der Waals surface area contributed by atoms with E-state index in [1.165, 1.54) is 24.4 Å². The molecular formula is C15H13FN2O4. The van der Waals surface area contributed by atoms with E-state index in [1.54, 1.807) is 6.07 Å². The van der Waals surface area contributed by atoms with E-state index in [0.29, 0.717) is 16.3 Å². The number of aliphatic hydroxyl groups excluding tert-OH is 2. The monoisotopic (exact) mass is 304 g/mol. The SMILES string of the molecule is O=C(OCC(O)CO)c1cc2c(cn1)[nH]c1ccc(F)cc12. The molecule has 0 aliphatic carbocycles. The molecule has 0 bridgehead atoms. The van der Waals surface area contributed by atoms with Crippen LogP contribution in [0.5, 0.6) is 0 Å². The van der Waals surface area contributed by atoms with Crippen LogP contribution >= 0.6 is 0 Å². The second-order valence-corrected chi connectivity index (χ2v) is 4.86. The molecule has 0 amide bonds. The second kappa shape index (κ2) is 5.70. The number of aliphatic hydroxyl groups is 2. The van der Waals surface area contributed by atoms with Gasteiger partial charge in [0.1, 0.15) is 24.2 Å². The molecule has 7 heteroatoms. The molecule has 0 saturated heterocycles. The van der Waals surface area contributed by atoms with Crippen LogP contribution in [0.15, 0.2) is 30.5 Å². The lowest BCUT2D eigenvalue weighted by atomic mass is 10.1. The summed E-state index contributed by atoms with van der Waals surface area (Å²) in [4.78, 5) is 18.9. The number of nitrogens with zero attached hydrogens (tertiary/aromatic N) is 1. The number of halogens is 1. The van der Waals surface area contributed by atoms with E-state index in [-0.39, 0.29) is 18.1 Å². The number of hydrogen-bond donors (Lipinski definition) is 3. The summed E-state index contributed by atoms with van der Waals surface area (Å²) in [6.07, 6.45) is 0.335. The number of aromatic amines is 1. The van der Waals surface area contributed by atoms with Crippen LogP contribution in [0.3, 0.4) is 0 Å². The van der Waals surface area contributed by atoms with Crippen molar-refractivity contribution in [2.24, 2.45) is 0 Å². The fourth-order valence-electron chi connectivity index (χ4n) is 2.18. The van der Waals surface area contributed by atoms with E-state index < -0.39 is 18.7 Å². The van der Waals surface area contributed by atoms with Crippen molar-refractivity contribution in [1.29, 1.82) is 0 Å². The molecular weight excluding hydrogens is 291 g/mol. The number of H-pyrrole nitrogens is 1. The van der Waals surface area contributed by atoms with Crippen LogP contribution in [0, 0.1) is 5.82 Å². The summed E-state index contributed by atoms with van der Waals surface area (Å²) < 4.78 is 18.2. The molecule has 22 heavy (non-hydrogen) atoms. The first-order chi connectivity index (χ1) is 10.6. The number of rotatable bonds is 4. The molecule has 3 aromatic rings. The van der Waals surface area contributed by atoms with Gasteiger partial charge in [-0.25, -0.2) is 14.2 Å². The van der Waals surface area contributed by atoms with Gasteiger partial charge in [0.25, 0.3) is 0 Å². The molecule has 0 spiro atoms. The Balaban J connectivity index is 1.96. The van der Waals surface area contributed by atoms with Crippen LogP contribution in [0.2, 0.25) is 0 Å². The van der Waals surface area contributed by atoms with E-state index in [4.69, 9.17) is 14.9 Å². The number of benzene rings is 1. The van der Waals surface area contributed by atoms with Crippen LogP contribution in [-0.2, 0) is 4.74 Å². The number of aromatic nitrogens is 2. The van der Waals surface area contributed by atoms with E-state index in [1.807, 2.05) is 0 Å². The summed E-state index contributed by atoms with van der Waals surface area (Å²) >= 11 is 0. The van der Waals surface area contributed by atoms with Crippen molar-refractivity contribution >= 4 is 27.8 Å². The van der Waals surface area contributed by atoms with Gasteiger partial charge in [0.05, 0.1) is 18.3 Å². The van der Waals surface area contributed by atoms with E-state index >= 15 is 0 Å². The molecule has 3 rings (SSSR count). The summed E-state index contributed by atoms with van der Waals surface area (Å²) in [6, 6.07) is 5.83. The van der Waals surface area contributed by atoms with Gasteiger partial charge >= 0.3 is 5.97 Å². The normalized spacial score (nSPS) is 12.7. The van der Waals surface area contributed by atoms with Crippen molar-refractivity contribution in [3.05, 3.63) is 42.0 Å². The first-order valence-electron chi connectivity index (χ1n) is 6.61. The van der Waals surface area contributed by atoms with Crippen molar-refractivity contribution in [2.45, 2.75) is 6.10 Å². The number of fused-ring (bicyclic) bond motifs is 3. The van der Waals surface area contributed by atoms with Crippen LogP contribution < -0.4 is 0 Å². The quantitative estimate of drug-likeness (QED) is 0.633. The Morgan fingerprint density at radius 1 is 1.32 bits per heavy atom. The molecule has 1 unspecified atom stereocenters. The molecule has 3 N–H and O–H groups in total. The predicted molar refractivity (Wildman–Crippen MR) is 76.9 cm³/mol. The number of hydrogen-bond acceptors (Lipinski definition) is 5. The van der Waals surface area contributed by atoms with Crippen molar-refractivity contribution < 1.29 is 24.1 Å². The van der Waals surface area contributed by atoms with E-state index in [0.717, 1.165) is 5.52 Å². The number of carbonyl (C=O) groups is 1. The summed E-state index contributed by atoms with van der Waals surface area (Å²) in [7, 11) is 0. The minimum absolute atomic E-state index is 0.0443. The Bertz CT molecular complexity index is 846. The van der Waals surface area contributed by atoms with Crippen LogP contribution in [0.1, 0.15) is 10.5 Å². The molecule has 1 aromatic carbocycles. The Kier molecular flexibility index (Phi) is 3.74. The largest absolute Gasteiger partial charge is 0.458 e. The Morgan fingerprint density at radius 2 is 2.09 bits per heavy atom. The predicted octanol–water partition coefficient (Wildman–Crippen LogP) is 1.37. The van der Waals surface area contributed by atoms with Crippen molar-refractivity contribution in [3.63, 3.8) is 0 Å². The van der Waals surface area contributed by atoms with Crippen LogP contribution in [0.4, 0.5) is 4.39 Å². The number of carbonyl (C=O) groups excluding carboxylic acids is 1.